The molecular formula is C26H29NO6. The van der Waals surface area contributed by atoms with Crippen LogP contribution in [0.15, 0.2) is 51.7 Å². The molecule has 0 aliphatic heterocycles. The van der Waals surface area contributed by atoms with E-state index in [1.165, 1.54) is 0 Å². The average molecular weight is 452 g/mol. The fourth-order valence-electron chi connectivity index (χ4n) is 3.48. The molecule has 7 heteroatoms. The van der Waals surface area contributed by atoms with Crippen molar-refractivity contribution in [3.63, 3.8) is 0 Å². The second-order valence-electron chi connectivity index (χ2n) is 8.94. The van der Waals surface area contributed by atoms with Crippen LogP contribution in [0.3, 0.4) is 0 Å². The van der Waals surface area contributed by atoms with Crippen LogP contribution in [-0.4, -0.2) is 24.2 Å². The second kappa shape index (κ2) is 9.90. The molecule has 1 amide bonds. The standard InChI is InChI=1S/C26H29NO6/c1-16-13-20(31-22(28)11-12-27-25(30)33-26(3,4)5)23-17(2)19(24(29)32-21(23)14-16)15-18-9-7-6-8-10-18/h6-10,13-14H,11-12,15H2,1-5H3,(H,27,30). The lowest BCUT2D eigenvalue weighted by Crippen LogP contribution is -2.34. The van der Waals surface area contributed by atoms with Gasteiger partial charge in [-0.1, -0.05) is 30.3 Å². The lowest BCUT2D eigenvalue weighted by atomic mass is 9.98. The van der Waals surface area contributed by atoms with E-state index in [4.69, 9.17) is 13.9 Å². The summed E-state index contributed by atoms with van der Waals surface area (Å²) >= 11 is 0. The molecule has 1 N–H and O–H groups in total. The van der Waals surface area contributed by atoms with Crippen LogP contribution in [-0.2, 0) is 16.0 Å². The van der Waals surface area contributed by atoms with E-state index in [2.05, 4.69) is 5.32 Å². The molecule has 1 heterocycles. The number of amides is 1. The first-order valence-electron chi connectivity index (χ1n) is 10.8. The lowest BCUT2D eigenvalue weighted by molar-refractivity contribution is -0.134. The number of alkyl carbamates (subject to hydrolysis) is 1. The highest BCUT2D eigenvalue weighted by Crippen LogP contribution is 2.32. The maximum Gasteiger partial charge on any atom is 0.407 e. The molecule has 174 valence electrons. The Labute approximate surface area is 192 Å². The van der Waals surface area contributed by atoms with Gasteiger partial charge in [0, 0.05) is 18.5 Å². The summed E-state index contributed by atoms with van der Waals surface area (Å²) in [4.78, 5) is 36.9. The molecule has 0 bridgehead atoms. The third-order valence-corrected chi connectivity index (χ3v) is 4.93. The quantitative estimate of drug-likeness (QED) is 0.328. The van der Waals surface area contributed by atoms with Crippen molar-refractivity contribution in [1.29, 1.82) is 0 Å². The predicted molar refractivity (Wildman–Crippen MR) is 126 cm³/mol. The fraction of sp³-hybridized carbons (Fsp3) is 0.346. The van der Waals surface area contributed by atoms with Crippen molar-refractivity contribution < 1.29 is 23.5 Å². The zero-order chi connectivity index (χ0) is 24.2. The third-order valence-electron chi connectivity index (χ3n) is 4.93. The molecule has 0 fully saturated rings. The predicted octanol–water partition coefficient (Wildman–Crippen LogP) is 4.82. The Balaban J connectivity index is 1.82. The number of benzene rings is 2. The fourth-order valence-corrected chi connectivity index (χ4v) is 3.48. The molecule has 0 saturated heterocycles. The van der Waals surface area contributed by atoms with Gasteiger partial charge in [-0.2, -0.15) is 0 Å². The zero-order valence-electron chi connectivity index (χ0n) is 19.6. The Bertz CT molecular complexity index is 1220. The van der Waals surface area contributed by atoms with E-state index in [0.717, 1.165) is 11.1 Å². The molecule has 0 aliphatic rings. The van der Waals surface area contributed by atoms with Crippen molar-refractivity contribution in [2.45, 2.75) is 53.1 Å². The molecule has 0 radical (unpaired) electrons. The zero-order valence-corrected chi connectivity index (χ0v) is 19.6. The van der Waals surface area contributed by atoms with Crippen LogP contribution < -0.4 is 15.7 Å². The van der Waals surface area contributed by atoms with Crippen LogP contribution in [0.25, 0.3) is 11.0 Å². The molecule has 1 aromatic heterocycles. The highest BCUT2D eigenvalue weighted by Gasteiger charge is 2.19. The highest BCUT2D eigenvalue weighted by atomic mass is 16.6. The summed E-state index contributed by atoms with van der Waals surface area (Å²) in [6, 6.07) is 13.1. The lowest BCUT2D eigenvalue weighted by Gasteiger charge is -2.19. The topological polar surface area (TPSA) is 94.8 Å². The number of fused-ring (bicyclic) bond motifs is 1. The maximum atomic E-state index is 12.7. The van der Waals surface area contributed by atoms with Gasteiger partial charge >= 0.3 is 17.7 Å². The summed E-state index contributed by atoms with van der Waals surface area (Å²) in [5.74, 6) is -0.198. The summed E-state index contributed by atoms with van der Waals surface area (Å²) in [6.45, 7) is 9.01. The first-order valence-corrected chi connectivity index (χ1v) is 10.8. The van der Waals surface area contributed by atoms with Crippen molar-refractivity contribution in [3.05, 3.63) is 75.1 Å². The minimum Gasteiger partial charge on any atom is -0.444 e. The van der Waals surface area contributed by atoms with Crippen molar-refractivity contribution in [2.75, 3.05) is 6.54 Å². The van der Waals surface area contributed by atoms with Crippen molar-refractivity contribution >= 4 is 23.0 Å². The maximum absolute atomic E-state index is 12.7. The molecule has 0 atom stereocenters. The molecule has 0 spiro atoms. The molecule has 33 heavy (non-hydrogen) atoms. The number of ether oxygens (including phenoxy) is 2. The van der Waals surface area contributed by atoms with E-state index >= 15 is 0 Å². The molecule has 7 nitrogen and oxygen atoms in total. The first kappa shape index (κ1) is 24.0. The number of rotatable bonds is 6. The molecule has 0 saturated carbocycles. The molecule has 3 rings (SSSR count). The number of carbonyl (C=O) groups excluding carboxylic acids is 2. The second-order valence-corrected chi connectivity index (χ2v) is 8.94. The Hall–Kier alpha value is -3.61. The van der Waals surface area contributed by atoms with E-state index in [-0.39, 0.29) is 13.0 Å². The van der Waals surface area contributed by atoms with Gasteiger partial charge in [0.1, 0.15) is 16.9 Å². The number of carbonyl (C=O) groups is 2. The summed E-state index contributed by atoms with van der Waals surface area (Å²) in [7, 11) is 0. The van der Waals surface area contributed by atoms with Gasteiger partial charge in [-0.3, -0.25) is 4.79 Å². The first-order chi connectivity index (χ1) is 15.5. The Morgan fingerprint density at radius 3 is 2.42 bits per heavy atom. The van der Waals surface area contributed by atoms with Crippen molar-refractivity contribution in [1.82, 2.24) is 5.32 Å². The van der Waals surface area contributed by atoms with Gasteiger partial charge < -0.3 is 19.2 Å². The van der Waals surface area contributed by atoms with Crippen LogP contribution in [0.4, 0.5) is 4.79 Å². The normalized spacial score (nSPS) is 11.3. The van der Waals surface area contributed by atoms with Crippen molar-refractivity contribution in [2.24, 2.45) is 0 Å². The van der Waals surface area contributed by atoms with E-state index in [0.29, 0.717) is 34.3 Å². The Morgan fingerprint density at radius 2 is 1.76 bits per heavy atom. The monoisotopic (exact) mass is 451 g/mol. The number of aryl methyl sites for hydroxylation is 2. The Morgan fingerprint density at radius 1 is 1.06 bits per heavy atom. The smallest absolute Gasteiger partial charge is 0.407 e. The largest absolute Gasteiger partial charge is 0.444 e. The van der Waals surface area contributed by atoms with Gasteiger partial charge in [-0.25, -0.2) is 9.59 Å². The van der Waals surface area contributed by atoms with Gasteiger partial charge in [0.2, 0.25) is 0 Å². The van der Waals surface area contributed by atoms with Crippen LogP contribution in [0, 0.1) is 13.8 Å². The molecule has 2 aromatic carbocycles. The summed E-state index contributed by atoms with van der Waals surface area (Å²) in [5.41, 5.74) is 2.32. The Kier molecular flexibility index (Phi) is 7.21. The highest BCUT2D eigenvalue weighted by molar-refractivity contribution is 5.90. The average Bonchev–Trinajstić information content (AvgIpc) is 2.70. The van der Waals surface area contributed by atoms with E-state index < -0.39 is 23.3 Å². The van der Waals surface area contributed by atoms with Gasteiger partial charge in [-0.05, 0) is 63.4 Å². The third kappa shape index (κ3) is 6.44. The molecular weight excluding hydrogens is 422 g/mol. The van der Waals surface area contributed by atoms with E-state index in [1.807, 2.05) is 44.2 Å². The van der Waals surface area contributed by atoms with Crippen LogP contribution in [0.2, 0.25) is 0 Å². The number of hydrogen-bond acceptors (Lipinski definition) is 6. The van der Waals surface area contributed by atoms with E-state index in [9.17, 15) is 14.4 Å². The van der Waals surface area contributed by atoms with Crippen LogP contribution in [0.5, 0.6) is 5.75 Å². The van der Waals surface area contributed by atoms with Crippen molar-refractivity contribution in [3.8, 4) is 5.75 Å². The molecule has 0 aliphatic carbocycles. The minimum atomic E-state index is -0.621. The number of esters is 1. The summed E-state index contributed by atoms with van der Waals surface area (Å²) < 4.78 is 16.4. The SMILES string of the molecule is Cc1cc(OC(=O)CCNC(=O)OC(C)(C)C)c2c(C)c(Cc3ccccc3)c(=O)oc2c1. The van der Waals surface area contributed by atoms with Crippen LogP contribution in [0.1, 0.15) is 49.4 Å². The molecule has 0 unspecified atom stereocenters. The van der Waals surface area contributed by atoms with Gasteiger partial charge in [0.15, 0.2) is 0 Å². The van der Waals surface area contributed by atoms with Crippen LogP contribution >= 0.6 is 0 Å². The van der Waals surface area contributed by atoms with E-state index in [1.54, 1.807) is 32.9 Å². The number of nitrogens with one attached hydrogen (secondary N) is 1. The molecule has 3 aromatic rings. The summed E-state index contributed by atoms with van der Waals surface area (Å²) in [5, 5.41) is 3.12. The minimum absolute atomic E-state index is 0.0403. The summed E-state index contributed by atoms with van der Waals surface area (Å²) in [6.07, 6.45) is -0.229. The van der Waals surface area contributed by atoms with Gasteiger partial charge in [0.05, 0.1) is 11.8 Å². The number of hydrogen-bond donors (Lipinski definition) is 1. The van der Waals surface area contributed by atoms with Gasteiger partial charge in [-0.15, -0.1) is 0 Å². The van der Waals surface area contributed by atoms with Gasteiger partial charge in [0.25, 0.3) is 0 Å².